The third kappa shape index (κ3) is 9.08. The van der Waals surface area contributed by atoms with Crippen molar-refractivity contribution >= 4 is 29.2 Å². The normalized spacial score (nSPS) is 11.8. The molecule has 0 bridgehead atoms. The van der Waals surface area contributed by atoms with Crippen LogP contribution in [0.5, 0.6) is 23.5 Å². The van der Waals surface area contributed by atoms with Gasteiger partial charge < -0.3 is 34.7 Å². The van der Waals surface area contributed by atoms with E-state index < -0.39 is 12.0 Å². The molecule has 0 aliphatic rings. The van der Waals surface area contributed by atoms with Crippen molar-refractivity contribution in [3.05, 3.63) is 92.0 Å². The summed E-state index contributed by atoms with van der Waals surface area (Å²) in [6.07, 6.45) is 0. The van der Waals surface area contributed by atoms with Crippen LogP contribution in [0.1, 0.15) is 54.2 Å². The Morgan fingerprint density at radius 2 is 1.17 bits per heavy atom. The largest absolute Gasteiger partial charge is 0.481 e. The Labute approximate surface area is 291 Å². The summed E-state index contributed by atoms with van der Waals surface area (Å²) in [5, 5.41) is 16.1. The molecule has 2 aromatic heterocycles. The Bertz CT molecular complexity index is 1750. The average molecular weight is 698 g/mol. The molecule has 1 unspecified atom stereocenters. The highest BCUT2D eigenvalue weighted by atomic mass is 35.5. The molecule has 2 heterocycles. The lowest BCUT2D eigenvalue weighted by Crippen LogP contribution is -2.33. The number of carbonyl (C=O) groups is 1. The molecule has 256 valence electrons. The zero-order valence-electron chi connectivity index (χ0n) is 28.2. The van der Waals surface area contributed by atoms with Crippen molar-refractivity contribution in [1.29, 1.82) is 0 Å². The molecule has 0 aliphatic heterocycles. The van der Waals surface area contributed by atoms with Gasteiger partial charge >= 0.3 is 5.97 Å². The van der Waals surface area contributed by atoms with E-state index in [2.05, 4.69) is 60.4 Å². The SMILES string of the molecule is COc1nc(OCc2cccc(-c3cccc(COc4nc(OC)c(CNC(C)C(=O)O)cc4Cl)c3C)c2C)c(Cl)cc1CNC(C)C. The van der Waals surface area contributed by atoms with Crippen LogP contribution in [0.15, 0.2) is 48.5 Å². The maximum atomic E-state index is 11.2. The van der Waals surface area contributed by atoms with Crippen LogP contribution >= 0.6 is 23.2 Å². The van der Waals surface area contributed by atoms with Gasteiger partial charge in [-0.15, -0.1) is 0 Å². The highest BCUT2D eigenvalue weighted by Crippen LogP contribution is 2.34. The Kier molecular flexibility index (Phi) is 12.9. The number of rotatable bonds is 16. The summed E-state index contributed by atoms with van der Waals surface area (Å²) < 4.78 is 23.1. The van der Waals surface area contributed by atoms with Crippen molar-refractivity contribution < 1.29 is 28.8 Å². The van der Waals surface area contributed by atoms with Crippen molar-refractivity contribution in [3.8, 4) is 34.6 Å². The fourth-order valence-electron chi connectivity index (χ4n) is 5.02. The van der Waals surface area contributed by atoms with Gasteiger partial charge in [0.05, 0.1) is 14.2 Å². The van der Waals surface area contributed by atoms with Gasteiger partial charge in [0.2, 0.25) is 23.5 Å². The van der Waals surface area contributed by atoms with E-state index in [9.17, 15) is 4.79 Å². The smallest absolute Gasteiger partial charge is 0.320 e. The first-order valence-electron chi connectivity index (χ1n) is 15.5. The zero-order chi connectivity index (χ0) is 35.0. The van der Waals surface area contributed by atoms with Gasteiger partial charge in [-0.05, 0) is 66.3 Å². The van der Waals surface area contributed by atoms with Gasteiger partial charge in [-0.25, -0.2) is 0 Å². The summed E-state index contributed by atoms with van der Waals surface area (Å²) in [5.41, 5.74) is 7.66. The Balaban J connectivity index is 1.50. The van der Waals surface area contributed by atoms with E-state index in [1.54, 1.807) is 20.1 Å². The number of nitrogens with zero attached hydrogens (tertiary/aromatic N) is 2. The highest BCUT2D eigenvalue weighted by molar-refractivity contribution is 6.32. The number of aromatic nitrogens is 2. The van der Waals surface area contributed by atoms with E-state index in [0.29, 0.717) is 45.8 Å². The molecule has 0 amide bonds. The molecule has 3 N–H and O–H groups in total. The molecule has 10 nitrogen and oxygen atoms in total. The molecular weight excluding hydrogens is 655 g/mol. The molecule has 1 atom stereocenters. The summed E-state index contributed by atoms with van der Waals surface area (Å²) >= 11 is 13.1. The van der Waals surface area contributed by atoms with Crippen molar-refractivity contribution in [1.82, 2.24) is 20.6 Å². The number of methoxy groups -OCH3 is 2. The molecule has 0 aliphatic carbocycles. The minimum Gasteiger partial charge on any atom is -0.481 e. The van der Waals surface area contributed by atoms with Gasteiger partial charge in [-0.3, -0.25) is 4.79 Å². The number of benzene rings is 2. The van der Waals surface area contributed by atoms with Crippen molar-refractivity contribution in [3.63, 3.8) is 0 Å². The van der Waals surface area contributed by atoms with Gasteiger partial charge in [0.25, 0.3) is 0 Å². The van der Waals surface area contributed by atoms with Crippen molar-refractivity contribution in [2.75, 3.05) is 14.2 Å². The second-order valence-electron chi connectivity index (χ2n) is 11.6. The predicted molar refractivity (Wildman–Crippen MR) is 188 cm³/mol. The van der Waals surface area contributed by atoms with Crippen LogP contribution in [0, 0.1) is 13.8 Å². The highest BCUT2D eigenvalue weighted by Gasteiger charge is 2.18. The second kappa shape index (κ2) is 16.8. The zero-order valence-corrected chi connectivity index (χ0v) is 29.8. The van der Waals surface area contributed by atoms with Gasteiger partial charge in [0.15, 0.2) is 0 Å². The first-order chi connectivity index (χ1) is 22.9. The fraction of sp³-hybridized carbons (Fsp3) is 0.361. The summed E-state index contributed by atoms with van der Waals surface area (Å²) in [5.74, 6) is 0.339. The number of carboxylic acids is 1. The number of nitrogens with one attached hydrogen (secondary N) is 2. The third-order valence-corrected chi connectivity index (χ3v) is 8.48. The molecule has 0 fully saturated rings. The summed E-state index contributed by atoms with van der Waals surface area (Å²) in [6.45, 7) is 11.1. The Morgan fingerprint density at radius 3 is 1.56 bits per heavy atom. The molecular formula is C36H42Cl2N4O6. The predicted octanol–water partition coefficient (Wildman–Crippen LogP) is 7.30. The van der Waals surface area contributed by atoms with Crippen LogP contribution < -0.4 is 29.6 Å². The van der Waals surface area contributed by atoms with E-state index in [4.69, 9.17) is 47.3 Å². The van der Waals surface area contributed by atoms with Crippen molar-refractivity contribution in [2.24, 2.45) is 0 Å². The van der Waals surface area contributed by atoms with Gasteiger partial charge in [0.1, 0.15) is 29.3 Å². The van der Waals surface area contributed by atoms with Crippen LogP contribution in [0.3, 0.4) is 0 Å². The number of hydrogen-bond donors (Lipinski definition) is 3. The molecule has 4 rings (SSSR count). The molecule has 0 spiro atoms. The van der Waals surface area contributed by atoms with Gasteiger partial charge in [-0.1, -0.05) is 73.4 Å². The second-order valence-corrected chi connectivity index (χ2v) is 12.4. The van der Waals surface area contributed by atoms with E-state index >= 15 is 0 Å². The summed E-state index contributed by atoms with van der Waals surface area (Å²) in [7, 11) is 3.07. The molecule has 0 saturated heterocycles. The molecule has 48 heavy (non-hydrogen) atoms. The monoisotopic (exact) mass is 696 g/mol. The lowest BCUT2D eigenvalue weighted by molar-refractivity contribution is -0.139. The first kappa shape index (κ1) is 36.7. The standard InChI is InChI=1S/C36H42Cl2N4O6/c1-20(2)39-16-26-14-30(37)34(41-32(26)45-6)47-18-24-10-8-12-28(21(24)3)29-13-9-11-25(22(29)4)19-48-35-31(38)15-27(33(42-35)46-7)17-40-23(5)36(43)44/h8-15,20,23,39-40H,16-19H2,1-7H3,(H,43,44). The quantitative estimate of drug-likeness (QED) is 0.110. The number of pyridine rings is 2. The van der Waals surface area contributed by atoms with Crippen LogP contribution in [-0.4, -0.2) is 47.3 Å². The van der Waals surface area contributed by atoms with Crippen LogP contribution in [0.2, 0.25) is 10.0 Å². The molecule has 0 radical (unpaired) electrons. The van der Waals surface area contributed by atoms with E-state index in [1.807, 2.05) is 30.3 Å². The molecule has 2 aromatic carbocycles. The van der Waals surface area contributed by atoms with E-state index in [1.165, 1.54) is 7.11 Å². The van der Waals surface area contributed by atoms with Gasteiger partial charge in [-0.2, -0.15) is 9.97 Å². The number of halogens is 2. The Morgan fingerprint density at radius 1 is 0.729 bits per heavy atom. The number of carboxylic acid groups (broad SMARTS) is 1. The topological polar surface area (TPSA) is 124 Å². The fourth-order valence-corrected chi connectivity index (χ4v) is 5.47. The van der Waals surface area contributed by atoms with Gasteiger partial charge in [0, 0.05) is 30.3 Å². The molecule has 0 saturated carbocycles. The van der Waals surface area contributed by atoms with E-state index in [-0.39, 0.29) is 25.6 Å². The lowest BCUT2D eigenvalue weighted by atomic mass is 9.92. The summed E-state index contributed by atoms with van der Waals surface area (Å²) in [4.78, 5) is 20.2. The maximum absolute atomic E-state index is 11.2. The van der Waals surface area contributed by atoms with Crippen LogP contribution in [0.25, 0.3) is 11.1 Å². The molecule has 12 heteroatoms. The number of hydrogen-bond acceptors (Lipinski definition) is 9. The summed E-state index contributed by atoms with van der Waals surface area (Å²) in [6, 6.07) is 15.2. The first-order valence-corrected chi connectivity index (χ1v) is 16.3. The van der Waals surface area contributed by atoms with Crippen LogP contribution in [-0.2, 0) is 31.1 Å². The lowest BCUT2D eigenvalue weighted by Gasteiger charge is -2.18. The van der Waals surface area contributed by atoms with Crippen molar-refractivity contribution in [2.45, 2.75) is 73.0 Å². The minimum absolute atomic E-state index is 0.217. The Hall–Kier alpha value is -4.09. The number of aliphatic carboxylic acids is 1. The maximum Gasteiger partial charge on any atom is 0.320 e. The average Bonchev–Trinajstić information content (AvgIpc) is 3.06. The molecule has 4 aromatic rings. The minimum atomic E-state index is -0.958. The third-order valence-electron chi connectivity index (χ3n) is 7.93. The number of ether oxygens (including phenoxy) is 4. The van der Waals surface area contributed by atoms with E-state index in [0.717, 1.165) is 38.9 Å². The van der Waals surface area contributed by atoms with Crippen LogP contribution in [0.4, 0.5) is 0 Å².